The van der Waals surface area contributed by atoms with Crippen molar-refractivity contribution in [1.29, 1.82) is 0 Å². The van der Waals surface area contributed by atoms with Gasteiger partial charge in [0.15, 0.2) is 0 Å². The zero-order valence-electron chi connectivity index (χ0n) is 17.2. The van der Waals surface area contributed by atoms with Gasteiger partial charge in [0, 0.05) is 57.9 Å². The maximum absolute atomic E-state index is 12.5. The maximum Gasteiger partial charge on any atom is 0.407 e. The van der Waals surface area contributed by atoms with Crippen LogP contribution in [0.3, 0.4) is 0 Å². The summed E-state index contributed by atoms with van der Waals surface area (Å²) in [5.41, 5.74) is 2.11. The molecule has 29 heavy (non-hydrogen) atoms. The second-order valence-electron chi connectivity index (χ2n) is 8.73. The Bertz CT molecular complexity index is 735. The number of ether oxygens (including phenoxy) is 1. The van der Waals surface area contributed by atoms with Crippen molar-refractivity contribution >= 4 is 17.7 Å². The molecule has 0 radical (unpaired) electrons. The number of carbonyl (C=O) groups is 2. The molecule has 4 rings (SSSR count). The Morgan fingerprint density at radius 3 is 2.38 bits per heavy atom. The number of hydrogen-bond donors (Lipinski definition) is 1. The lowest BCUT2D eigenvalue weighted by Gasteiger charge is -2.36. The summed E-state index contributed by atoms with van der Waals surface area (Å²) >= 11 is 0. The Morgan fingerprint density at radius 2 is 1.76 bits per heavy atom. The van der Waals surface area contributed by atoms with Gasteiger partial charge in [-0.05, 0) is 38.3 Å². The molecule has 0 aliphatic carbocycles. The Balaban J connectivity index is 1.22. The van der Waals surface area contributed by atoms with E-state index >= 15 is 0 Å². The number of nitrogens with zero attached hydrogens (tertiary/aromatic N) is 3. The van der Waals surface area contributed by atoms with E-state index in [0.29, 0.717) is 25.9 Å². The highest BCUT2D eigenvalue weighted by Gasteiger charge is 2.50. The molecule has 7 nitrogen and oxygen atoms in total. The molecule has 1 amide bonds. The SMILES string of the molecule is Cc1ccc(N2CCN(CC[C@@H]3CC4(CCN(C(=O)O)CC4)C(=O)O3)CC2)cc1. The van der Waals surface area contributed by atoms with Crippen LogP contribution in [0.1, 0.15) is 31.2 Å². The molecule has 0 saturated carbocycles. The molecule has 7 heteroatoms. The summed E-state index contributed by atoms with van der Waals surface area (Å²) < 4.78 is 5.70. The molecular formula is C22H31N3O4. The first-order valence-electron chi connectivity index (χ1n) is 10.7. The summed E-state index contributed by atoms with van der Waals surface area (Å²) in [6, 6.07) is 8.70. The summed E-state index contributed by atoms with van der Waals surface area (Å²) in [4.78, 5) is 29.9. The third kappa shape index (κ3) is 4.34. The summed E-state index contributed by atoms with van der Waals surface area (Å²) in [5, 5.41) is 9.12. The lowest BCUT2D eigenvalue weighted by molar-refractivity contribution is -0.150. The molecule has 3 fully saturated rings. The zero-order chi connectivity index (χ0) is 20.4. The van der Waals surface area contributed by atoms with E-state index in [9.17, 15) is 9.59 Å². The fraction of sp³-hybridized carbons (Fsp3) is 0.636. The molecule has 0 bridgehead atoms. The van der Waals surface area contributed by atoms with Gasteiger partial charge in [-0.25, -0.2) is 4.79 Å². The van der Waals surface area contributed by atoms with Crippen LogP contribution in [0.25, 0.3) is 0 Å². The van der Waals surface area contributed by atoms with E-state index in [2.05, 4.69) is 41.0 Å². The predicted octanol–water partition coefficient (Wildman–Crippen LogP) is 2.58. The Morgan fingerprint density at radius 1 is 1.10 bits per heavy atom. The summed E-state index contributed by atoms with van der Waals surface area (Å²) in [7, 11) is 0. The smallest absolute Gasteiger partial charge is 0.407 e. The number of anilines is 1. The molecule has 3 saturated heterocycles. The van der Waals surface area contributed by atoms with Crippen molar-refractivity contribution in [2.45, 2.75) is 38.7 Å². The Hall–Kier alpha value is -2.28. The van der Waals surface area contributed by atoms with Gasteiger partial charge < -0.3 is 19.6 Å². The van der Waals surface area contributed by atoms with E-state index in [4.69, 9.17) is 9.84 Å². The molecule has 1 aromatic carbocycles. The lowest BCUT2D eigenvalue weighted by atomic mass is 9.76. The first-order valence-corrected chi connectivity index (χ1v) is 10.7. The minimum Gasteiger partial charge on any atom is -0.465 e. The molecule has 3 aliphatic heterocycles. The number of benzene rings is 1. The van der Waals surface area contributed by atoms with Gasteiger partial charge in [0.1, 0.15) is 6.10 Å². The summed E-state index contributed by atoms with van der Waals surface area (Å²) in [6.07, 6.45) is 1.85. The van der Waals surface area contributed by atoms with E-state index in [-0.39, 0.29) is 12.1 Å². The molecule has 1 atom stereocenters. The number of esters is 1. The highest BCUT2D eigenvalue weighted by atomic mass is 16.6. The van der Waals surface area contributed by atoms with Gasteiger partial charge in [0.2, 0.25) is 0 Å². The van der Waals surface area contributed by atoms with Gasteiger partial charge in [-0.15, -0.1) is 0 Å². The number of aryl methyl sites for hydroxylation is 1. The van der Waals surface area contributed by atoms with E-state index in [0.717, 1.165) is 45.6 Å². The number of carboxylic acid groups (broad SMARTS) is 1. The molecule has 0 unspecified atom stereocenters. The van der Waals surface area contributed by atoms with Crippen molar-refractivity contribution in [3.05, 3.63) is 29.8 Å². The third-order valence-corrected chi connectivity index (χ3v) is 6.85. The molecule has 1 aromatic rings. The second-order valence-corrected chi connectivity index (χ2v) is 8.73. The van der Waals surface area contributed by atoms with Crippen molar-refractivity contribution in [2.75, 3.05) is 50.7 Å². The Labute approximate surface area is 172 Å². The van der Waals surface area contributed by atoms with Gasteiger partial charge in [0.25, 0.3) is 0 Å². The van der Waals surface area contributed by atoms with Gasteiger partial charge in [-0.1, -0.05) is 17.7 Å². The van der Waals surface area contributed by atoms with Crippen molar-refractivity contribution < 1.29 is 19.4 Å². The molecule has 1 spiro atoms. The second kappa shape index (κ2) is 8.22. The average Bonchev–Trinajstić information content (AvgIpc) is 3.03. The normalized spacial score (nSPS) is 24.7. The van der Waals surface area contributed by atoms with E-state index in [1.807, 2.05) is 0 Å². The van der Waals surface area contributed by atoms with Crippen molar-refractivity contribution in [3.8, 4) is 0 Å². The highest BCUT2D eigenvalue weighted by Crippen LogP contribution is 2.43. The average molecular weight is 402 g/mol. The third-order valence-electron chi connectivity index (χ3n) is 6.85. The highest BCUT2D eigenvalue weighted by molar-refractivity contribution is 5.79. The van der Waals surface area contributed by atoms with Crippen molar-refractivity contribution in [2.24, 2.45) is 5.41 Å². The van der Waals surface area contributed by atoms with Gasteiger partial charge >= 0.3 is 12.1 Å². The minimum atomic E-state index is -0.896. The van der Waals surface area contributed by atoms with Crippen LogP contribution in [0.15, 0.2) is 24.3 Å². The molecule has 3 heterocycles. The van der Waals surface area contributed by atoms with Gasteiger partial charge in [-0.2, -0.15) is 0 Å². The number of cyclic esters (lactones) is 1. The lowest BCUT2D eigenvalue weighted by Crippen LogP contribution is -2.47. The van der Waals surface area contributed by atoms with Crippen LogP contribution in [0.5, 0.6) is 0 Å². The topological polar surface area (TPSA) is 73.3 Å². The van der Waals surface area contributed by atoms with Gasteiger partial charge in [-0.3, -0.25) is 9.69 Å². The number of carbonyl (C=O) groups excluding carboxylic acids is 1. The molecular weight excluding hydrogens is 370 g/mol. The van der Waals surface area contributed by atoms with E-state index in [1.54, 1.807) is 0 Å². The quantitative estimate of drug-likeness (QED) is 0.782. The Kier molecular flexibility index (Phi) is 5.67. The predicted molar refractivity (Wildman–Crippen MR) is 110 cm³/mol. The monoisotopic (exact) mass is 401 g/mol. The fourth-order valence-corrected chi connectivity index (χ4v) is 4.84. The first-order chi connectivity index (χ1) is 13.9. The molecule has 0 aromatic heterocycles. The van der Waals surface area contributed by atoms with Crippen LogP contribution in [0.4, 0.5) is 10.5 Å². The van der Waals surface area contributed by atoms with Crippen LogP contribution in [-0.2, 0) is 9.53 Å². The number of piperazine rings is 1. The molecule has 158 valence electrons. The number of piperidine rings is 1. The largest absolute Gasteiger partial charge is 0.465 e. The molecule has 1 N–H and O–H groups in total. The van der Waals surface area contributed by atoms with Crippen LogP contribution < -0.4 is 4.90 Å². The first kappa shape index (κ1) is 20.0. The van der Waals surface area contributed by atoms with Crippen LogP contribution in [-0.4, -0.2) is 78.9 Å². The van der Waals surface area contributed by atoms with Crippen LogP contribution in [0, 0.1) is 12.3 Å². The van der Waals surface area contributed by atoms with Crippen LogP contribution >= 0.6 is 0 Å². The van der Waals surface area contributed by atoms with Crippen molar-refractivity contribution in [1.82, 2.24) is 9.80 Å². The fourth-order valence-electron chi connectivity index (χ4n) is 4.84. The van der Waals surface area contributed by atoms with Crippen LogP contribution in [0.2, 0.25) is 0 Å². The summed E-state index contributed by atoms with van der Waals surface area (Å²) in [6.45, 7) is 7.98. The van der Waals surface area contributed by atoms with E-state index in [1.165, 1.54) is 16.2 Å². The summed E-state index contributed by atoms with van der Waals surface area (Å²) in [5.74, 6) is -0.114. The van der Waals surface area contributed by atoms with E-state index < -0.39 is 11.5 Å². The van der Waals surface area contributed by atoms with Gasteiger partial charge in [0.05, 0.1) is 5.41 Å². The standard InChI is InChI=1S/C22H31N3O4/c1-17-2-4-18(5-3-17)24-14-12-23(13-15-24)9-6-19-16-22(20(26)29-19)7-10-25(11-8-22)21(27)28/h2-5,19H,6-16H2,1H3,(H,27,28)/t19-/m1/s1. The minimum absolute atomic E-state index is 0.0333. The number of amides is 1. The van der Waals surface area contributed by atoms with Crippen molar-refractivity contribution in [3.63, 3.8) is 0 Å². The zero-order valence-corrected chi connectivity index (χ0v) is 17.2. The molecule has 3 aliphatic rings. The maximum atomic E-state index is 12.5. The number of rotatable bonds is 4. The number of likely N-dealkylation sites (tertiary alicyclic amines) is 1. The number of hydrogen-bond acceptors (Lipinski definition) is 5.